The number of benzene rings is 2. The molecule has 0 unspecified atom stereocenters. The first-order valence-electron chi connectivity index (χ1n) is 9.72. The molecule has 0 aliphatic heterocycles. The van der Waals surface area contributed by atoms with Crippen molar-refractivity contribution in [2.24, 2.45) is 0 Å². The Bertz CT molecular complexity index is 966. The molecule has 2 N–H and O–H groups in total. The lowest BCUT2D eigenvalue weighted by Crippen LogP contribution is -2.32. The van der Waals surface area contributed by atoms with Gasteiger partial charge in [0.2, 0.25) is 10.0 Å². The molecule has 3 rings (SSSR count). The second kappa shape index (κ2) is 9.18. The van der Waals surface area contributed by atoms with Gasteiger partial charge in [-0.1, -0.05) is 25.0 Å². The lowest BCUT2D eigenvalue weighted by Gasteiger charge is -2.13. The summed E-state index contributed by atoms with van der Waals surface area (Å²) in [7, 11) is -3.54. The number of carbonyl (C=O) groups is 1. The van der Waals surface area contributed by atoms with E-state index < -0.39 is 27.7 Å². The molecule has 1 aliphatic rings. The molecule has 0 bridgehead atoms. The Labute approximate surface area is 173 Å². The average molecular weight is 440 g/mol. The molecule has 1 amide bonds. The van der Waals surface area contributed by atoms with Crippen LogP contribution in [-0.4, -0.2) is 26.9 Å². The van der Waals surface area contributed by atoms with Crippen LogP contribution in [0.2, 0.25) is 0 Å². The van der Waals surface area contributed by atoms with Crippen molar-refractivity contribution in [1.29, 1.82) is 0 Å². The van der Waals surface area contributed by atoms with Crippen molar-refractivity contribution in [3.05, 3.63) is 65.2 Å². The average Bonchev–Trinajstić information content (AvgIpc) is 3.20. The molecule has 0 saturated heterocycles. The number of nitrogens with one attached hydrogen (secondary N) is 2. The first-order chi connectivity index (χ1) is 14.1. The maximum Gasteiger partial charge on any atom is 0.416 e. The highest BCUT2D eigenvalue weighted by Crippen LogP contribution is 2.29. The van der Waals surface area contributed by atoms with Gasteiger partial charge >= 0.3 is 6.18 Å². The first-order valence-corrected chi connectivity index (χ1v) is 11.2. The zero-order valence-electron chi connectivity index (χ0n) is 16.2. The number of hydrogen-bond acceptors (Lipinski definition) is 3. The smallest absolute Gasteiger partial charge is 0.352 e. The molecular formula is C21H23F3N2O3S. The fourth-order valence-electron chi connectivity index (χ4n) is 3.40. The second-order valence-corrected chi connectivity index (χ2v) is 9.04. The Morgan fingerprint density at radius 1 is 0.967 bits per heavy atom. The van der Waals surface area contributed by atoms with Crippen LogP contribution in [0.15, 0.2) is 53.4 Å². The number of halogens is 3. The van der Waals surface area contributed by atoms with E-state index in [0.29, 0.717) is 6.42 Å². The standard InChI is InChI=1S/C21H23F3N2O3S/c22-21(23,24)17-9-7-16(8-10-17)20(27)25-14-13-15-5-11-19(12-6-15)30(28,29)26-18-3-1-2-4-18/h5-12,18,26H,1-4,13-14H2,(H,25,27). The van der Waals surface area contributed by atoms with Gasteiger partial charge in [-0.3, -0.25) is 4.79 Å². The summed E-state index contributed by atoms with van der Waals surface area (Å²) in [4.78, 5) is 12.3. The molecule has 0 atom stereocenters. The fourth-order valence-corrected chi connectivity index (χ4v) is 4.70. The quantitative estimate of drug-likeness (QED) is 0.686. The SMILES string of the molecule is O=C(NCCc1ccc(S(=O)(=O)NC2CCCC2)cc1)c1ccc(C(F)(F)F)cc1. The molecule has 0 radical (unpaired) electrons. The maximum atomic E-state index is 12.6. The monoisotopic (exact) mass is 440 g/mol. The van der Waals surface area contributed by atoms with Gasteiger partial charge in [-0.2, -0.15) is 13.2 Å². The van der Waals surface area contributed by atoms with E-state index in [1.54, 1.807) is 12.1 Å². The predicted octanol–water partition coefficient (Wildman–Crippen LogP) is 3.90. The summed E-state index contributed by atoms with van der Waals surface area (Å²) < 4.78 is 65.3. The van der Waals surface area contributed by atoms with Gasteiger partial charge < -0.3 is 5.32 Å². The van der Waals surface area contributed by atoms with E-state index in [4.69, 9.17) is 0 Å². The van der Waals surface area contributed by atoms with Crippen molar-refractivity contribution in [3.8, 4) is 0 Å². The molecule has 1 fully saturated rings. The molecule has 2 aromatic carbocycles. The Balaban J connectivity index is 1.50. The highest BCUT2D eigenvalue weighted by Gasteiger charge is 2.30. The number of rotatable bonds is 7. The predicted molar refractivity (Wildman–Crippen MR) is 107 cm³/mol. The van der Waals surface area contributed by atoms with E-state index in [1.165, 1.54) is 12.1 Å². The maximum absolute atomic E-state index is 12.6. The van der Waals surface area contributed by atoms with E-state index in [0.717, 1.165) is 55.5 Å². The molecule has 1 aliphatic carbocycles. The summed E-state index contributed by atoms with van der Waals surface area (Å²) >= 11 is 0. The van der Waals surface area contributed by atoms with Crippen LogP contribution >= 0.6 is 0 Å². The van der Waals surface area contributed by atoms with E-state index in [-0.39, 0.29) is 23.0 Å². The van der Waals surface area contributed by atoms with Crippen molar-refractivity contribution in [3.63, 3.8) is 0 Å². The Kier molecular flexibility index (Phi) is 6.82. The highest BCUT2D eigenvalue weighted by molar-refractivity contribution is 7.89. The molecule has 30 heavy (non-hydrogen) atoms. The van der Waals surface area contributed by atoms with Crippen LogP contribution in [0, 0.1) is 0 Å². The molecule has 5 nitrogen and oxygen atoms in total. The summed E-state index contributed by atoms with van der Waals surface area (Å²) in [6.45, 7) is 0.270. The third-order valence-corrected chi connectivity index (χ3v) is 6.62. The zero-order valence-corrected chi connectivity index (χ0v) is 17.0. The van der Waals surface area contributed by atoms with E-state index >= 15 is 0 Å². The third-order valence-electron chi connectivity index (χ3n) is 5.08. The summed E-state index contributed by atoms with van der Waals surface area (Å²) in [6.07, 6.45) is -0.204. The summed E-state index contributed by atoms with van der Waals surface area (Å²) in [5, 5.41) is 2.65. The van der Waals surface area contributed by atoms with Gasteiger partial charge in [-0.25, -0.2) is 13.1 Å². The molecule has 0 spiro atoms. The number of amides is 1. The largest absolute Gasteiger partial charge is 0.416 e. The highest BCUT2D eigenvalue weighted by atomic mass is 32.2. The van der Waals surface area contributed by atoms with E-state index in [2.05, 4.69) is 10.0 Å². The molecule has 1 saturated carbocycles. The minimum absolute atomic E-state index is 0.00455. The van der Waals surface area contributed by atoms with Crippen molar-refractivity contribution in [2.75, 3.05) is 6.54 Å². The summed E-state index contributed by atoms with van der Waals surface area (Å²) in [6, 6.07) is 10.4. The number of carbonyl (C=O) groups excluding carboxylic acids is 1. The van der Waals surface area contributed by atoms with Crippen LogP contribution < -0.4 is 10.0 Å². The van der Waals surface area contributed by atoms with Crippen molar-refractivity contribution in [1.82, 2.24) is 10.0 Å². The van der Waals surface area contributed by atoms with Crippen LogP contribution in [0.5, 0.6) is 0 Å². The first kappa shape index (κ1) is 22.3. The molecule has 0 aromatic heterocycles. The lowest BCUT2D eigenvalue weighted by atomic mass is 10.1. The fraction of sp³-hybridized carbons (Fsp3) is 0.381. The summed E-state index contributed by atoms with van der Waals surface area (Å²) in [5.74, 6) is -0.469. The Hall–Kier alpha value is -2.39. The number of alkyl halides is 3. The van der Waals surface area contributed by atoms with Gasteiger partial charge in [0, 0.05) is 18.2 Å². The molecule has 162 valence electrons. The minimum Gasteiger partial charge on any atom is -0.352 e. The van der Waals surface area contributed by atoms with Crippen molar-refractivity contribution >= 4 is 15.9 Å². The van der Waals surface area contributed by atoms with Gasteiger partial charge in [0.1, 0.15) is 0 Å². The normalized spacial score (nSPS) is 15.3. The lowest BCUT2D eigenvalue weighted by molar-refractivity contribution is -0.137. The minimum atomic E-state index is -4.44. The molecule has 2 aromatic rings. The van der Waals surface area contributed by atoms with Crippen LogP contribution in [0.3, 0.4) is 0 Å². The van der Waals surface area contributed by atoms with Gasteiger partial charge in [0.15, 0.2) is 0 Å². The summed E-state index contributed by atoms with van der Waals surface area (Å²) in [5.41, 5.74) is 0.168. The molecule has 0 heterocycles. The third kappa shape index (κ3) is 5.82. The van der Waals surface area contributed by atoms with Crippen LogP contribution in [-0.2, 0) is 22.6 Å². The van der Waals surface area contributed by atoms with Gasteiger partial charge in [-0.15, -0.1) is 0 Å². The van der Waals surface area contributed by atoms with Crippen LogP contribution in [0.4, 0.5) is 13.2 Å². The van der Waals surface area contributed by atoms with Gasteiger partial charge in [-0.05, 0) is 61.2 Å². The number of hydrogen-bond donors (Lipinski definition) is 2. The second-order valence-electron chi connectivity index (χ2n) is 7.33. The van der Waals surface area contributed by atoms with Crippen molar-refractivity contribution in [2.45, 2.75) is 49.2 Å². The Morgan fingerprint density at radius 3 is 2.13 bits per heavy atom. The van der Waals surface area contributed by atoms with Gasteiger partial charge in [0.25, 0.3) is 5.91 Å². The van der Waals surface area contributed by atoms with Crippen molar-refractivity contribution < 1.29 is 26.4 Å². The van der Waals surface area contributed by atoms with E-state index in [9.17, 15) is 26.4 Å². The molecule has 9 heteroatoms. The molecular weight excluding hydrogens is 417 g/mol. The Morgan fingerprint density at radius 2 is 1.57 bits per heavy atom. The van der Waals surface area contributed by atoms with Gasteiger partial charge in [0.05, 0.1) is 10.5 Å². The topological polar surface area (TPSA) is 75.3 Å². The zero-order chi connectivity index (χ0) is 21.8. The number of sulfonamides is 1. The van der Waals surface area contributed by atoms with Crippen LogP contribution in [0.25, 0.3) is 0 Å². The van der Waals surface area contributed by atoms with Crippen LogP contribution in [0.1, 0.15) is 47.2 Å². The van der Waals surface area contributed by atoms with E-state index in [1.807, 2.05) is 0 Å².